The van der Waals surface area contributed by atoms with Gasteiger partial charge in [0, 0.05) is 9.60 Å². The van der Waals surface area contributed by atoms with Crippen LogP contribution in [0.3, 0.4) is 0 Å². The highest BCUT2D eigenvalue weighted by atomic mass is 32.2. The summed E-state index contributed by atoms with van der Waals surface area (Å²) in [7, 11) is 0. The van der Waals surface area contributed by atoms with Crippen molar-refractivity contribution in [2.24, 2.45) is 0 Å². The first-order chi connectivity index (χ1) is 6.77. The second-order valence-corrected chi connectivity index (χ2v) is 5.14. The maximum atomic E-state index is 2.35. The molecule has 0 aliphatic heterocycles. The topological polar surface area (TPSA) is 0 Å². The van der Waals surface area contributed by atoms with Gasteiger partial charge in [-0.1, -0.05) is 6.92 Å². The molecule has 74 valence electrons. The molecule has 2 aromatic rings. The zero-order chi connectivity index (χ0) is 10.1. The monoisotopic (exact) mass is 222 g/mol. The quantitative estimate of drug-likeness (QED) is 0.674. The predicted molar refractivity (Wildman–Crippen MR) is 67.7 cm³/mol. The molecule has 0 aliphatic rings. The van der Waals surface area contributed by atoms with E-state index in [9.17, 15) is 0 Å². The number of rotatable bonds is 2. The average molecular weight is 222 g/mol. The number of thioether (sulfide) groups is 1. The summed E-state index contributed by atoms with van der Waals surface area (Å²) in [6.45, 7) is 4.45. The fraction of sp³-hybridized carbons (Fsp3) is 0.333. The third kappa shape index (κ3) is 1.47. The maximum absolute atomic E-state index is 2.35. The average Bonchev–Trinajstić information content (AvgIpc) is 2.68. The molecule has 0 nitrogen and oxygen atoms in total. The smallest absolute Gasteiger partial charge is 0.0378 e. The maximum Gasteiger partial charge on any atom is 0.0378 e. The van der Waals surface area contributed by atoms with Crippen molar-refractivity contribution < 1.29 is 0 Å². The Morgan fingerprint density at radius 3 is 2.86 bits per heavy atom. The summed E-state index contributed by atoms with van der Waals surface area (Å²) in [6.07, 6.45) is 3.28. The molecule has 1 heterocycles. The minimum Gasteiger partial charge on any atom is -0.144 e. The van der Waals surface area contributed by atoms with E-state index in [0.717, 1.165) is 6.42 Å². The van der Waals surface area contributed by atoms with Gasteiger partial charge in [0.05, 0.1) is 0 Å². The fourth-order valence-corrected chi connectivity index (χ4v) is 3.51. The third-order valence-electron chi connectivity index (χ3n) is 2.64. The van der Waals surface area contributed by atoms with E-state index in [4.69, 9.17) is 0 Å². The molecule has 2 rings (SSSR count). The van der Waals surface area contributed by atoms with Crippen molar-refractivity contribution in [1.29, 1.82) is 0 Å². The summed E-state index contributed by atoms with van der Waals surface area (Å²) in [5.74, 6) is 0. The summed E-state index contributed by atoms with van der Waals surface area (Å²) >= 11 is 3.71. The Morgan fingerprint density at radius 1 is 1.43 bits per heavy atom. The molecular formula is C12H14S2. The van der Waals surface area contributed by atoms with E-state index in [1.54, 1.807) is 0 Å². The molecule has 1 aromatic carbocycles. The first kappa shape index (κ1) is 10.1. The van der Waals surface area contributed by atoms with Crippen LogP contribution >= 0.6 is 23.1 Å². The van der Waals surface area contributed by atoms with Crippen LogP contribution < -0.4 is 0 Å². The van der Waals surface area contributed by atoms with Crippen LogP contribution in [-0.2, 0) is 6.42 Å². The standard InChI is InChI=1S/C12H14S2/c1-4-9-7-11(13-3)8(2)10-5-6-14-12(9)10/h5-7H,4H2,1-3H3. The number of fused-ring (bicyclic) bond motifs is 1. The molecule has 0 atom stereocenters. The van der Waals surface area contributed by atoms with Crippen LogP contribution in [-0.4, -0.2) is 6.26 Å². The summed E-state index contributed by atoms with van der Waals surface area (Å²) in [5, 5.41) is 3.64. The molecule has 0 saturated heterocycles. The second kappa shape index (κ2) is 3.95. The Bertz CT molecular complexity index is 455. The minimum absolute atomic E-state index is 1.13. The number of aryl methyl sites for hydroxylation is 2. The van der Waals surface area contributed by atoms with E-state index >= 15 is 0 Å². The van der Waals surface area contributed by atoms with E-state index in [2.05, 4.69) is 37.6 Å². The molecule has 0 unspecified atom stereocenters. The molecule has 0 N–H and O–H groups in total. The third-order valence-corrected chi connectivity index (χ3v) is 4.49. The Morgan fingerprint density at radius 2 is 2.21 bits per heavy atom. The number of hydrogen-bond donors (Lipinski definition) is 0. The highest BCUT2D eigenvalue weighted by molar-refractivity contribution is 7.98. The van der Waals surface area contributed by atoms with E-state index in [-0.39, 0.29) is 0 Å². The van der Waals surface area contributed by atoms with Gasteiger partial charge in [0.2, 0.25) is 0 Å². The van der Waals surface area contributed by atoms with Crippen LogP contribution in [0.15, 0.2) is 22.4 Å². The van der Waals surface area contributed by atoms with Gasteiger partial charge in [-0.25, -0.2) is 0 Å². The minimum atomic E-state index is 1.13. The molecule has 0 fully saturated rings. The lowest BCUT2D eigenvalue weighted by Gasteiger charge is -2.08. The van der Waals surface area contributed by atoms with E-state index in [0.29, 0.717) is 0 Å². The molecular weight excluding hydrogens is 208 g/mol. The van der Waals surface area contributed by atoms with Gasteiger partial charge >= 0.3 is 0 Å². The molecule has 1 aromatic heterocycles. The summed E-state index contributed by atoms with van der Waals surface area (Å²) in [5.41, 5.74) is 2.93. The molecule has 0 bridgehead atoms. The summed E-state index contributed by atoms with van der Waals surface area (Å²) in [4.78, 5) is 1.42. The number of thiophene rings is 1. The van der Waals surface area contributed by atoms with Crippen LogP contribution in [0.2, 0.25) is 0 Å². The molecule has 0 saturated carbocycles. The van der Waals surface area contributed by atoms with Crippen molar-refractivity contribution in [3.8, 4) is 0 Å². The molecule has 0 aliphatic carbocycles. The first-order valence-electron chi connectivity index (χ1n) is 4.81. The van der Waals surface area contributed by atoms with Crippen molar-refractivity contribution in [2.75, 3.05) is 6.26 Å². The fourth-order valence-electron chi connectivity index (χ4n) is 1.79. The lowest BCUT2D eigenvalue weighted by Crippen LogP contribution is -1.86. The van der Waals surface area contributed by atoms with Gasteiger partial charge in [0.1, 0.15) is 0 Å². The molecule has 0 radical (unpaired) electrons. The molecule has 0 amide bonds. The first-order valence-corrected chi connectivity index (χ1v) is 6.92. The van der Waals surface area contributed by atoms with Crippen LogP contribution in [0.4, 0.5) is 0 Å². The highest BCUT2D eigenvalue weighted by Gasteiger charge is 2.08. The van der Waals surface area contributed by atoms with Crippen molar-refractivity contribution in [2.45, 2.75) is 25.2 Å². The number of benzene rings is 1. The van der Waals surface area contributed by atoms with Crippen molar-refractivity contribution >= 4 is 33.2 Å². The molecule has 2 heteroatoms. The predicted octanol–water partition coefficient (Wildman–Crippen LogP) is 4.49. The molecule has 0 spiro atoms. The Kier molecular flexibility index (Phi) is 2.84. The zero-order valence-electron chi connectivity index (χ0n) is 8.76. The van der Waals surface area contributed by atoms with Crippen LogP contribution in [0.25, 0.3) is 10.1 Å². The van der Waals surface area contributed by atoms with Crippen LogP contribution in [0.1, 0.15) is 18.1 Å². The Labute approximate surface area is 93.3 Å². The second-order valence-electron chi connectivity index (χ2n) is 3.38. The van der Waals surface area contributed by atoms with Gasteiger partial charge in [0.25, 0.3) is 0 Å². The van der Waals surface area contributed by atoms with E-state index < -0.39 is 0 Å². The Balaban J connectivity index is 2.80. The summed E-state index contributed by atoms with van der Waals surface area (Å²) in [6, 6.07) is 4.59. The number of hydrogen-bond acceptors (Lipinski definition) is 2. The van der Waals surface area contributed by atoms with Gasteiger partial charge in [-0.3, -0.25) is 0 Å². The van der Waals surface area contributed by atoms with Crippen LogP contribution in [0, 0.1) is 6.92 Å². The van der Waals surface area contributed by atoms with Crippen molar-refractivity contribution in [1.82, 2.24) is 0 Å². The summed E-state index contributed by atoms with van der Waals surface area (Å²) < 4.78 is 1.47. The zero-order valence-corrected chi connectivity index (χ0v) is 10.4. The lowest BCUT2D eigenvalue weighted by molar-refractivity contribution is 1.14. The van der Waals surface area contributed by atoms with E-state index in [1.165, 1.54) is 26.1 Å². The van der Waals surface area contributed by atoms with Crippen molar-refractivity contribution in [3.63, 3.8) is 0 Å². The van der Waals surface area contributed by atoms with Gasteiger partial charge in [-0.05, 0) is 53.6 Å². The lowest BCUT2D eigenvalue weighted by atomic mass is 10.1. The van der Waals surface area contributed by atoms with Gasteiger partial charge in [0.15, 0.2) is 0 Å². The molecule has 14 heavy (non-hydrogen) atoms. The van der Waals surface area contributed by atoms with Crippen LogP contribution in [0.5, 0.6) is 0 Å². The highest BCUT2D eigenvalue weighted by Crippen LogP contribution is 2.34. The van der Waals surface area contributed by atoms with E-state index in [1.807, 2.05) is 23.1 Å². The normalized spacial score (nSPS) is 11.1. The van der Waals surface area contributed by atoms with Gasteiger partial charge in [-0.2, -0.15) is 0 Å². The van der Waals surface area contributed by atoms with Gasteiger partial charge in [-0.15, -0.1) is 23.1 Å². The van der Waals surface area contributed by atoms with Crippen molar-refractivity contribution in [3.05, 3.63) is 28.6 Å². The van der Waals surface area contributed by atoms with Gasteiger partial charge < -0.3 is 0 Å². The Hall–Kier alpha value is -0.470. The SMILES string of the molecule is CCc1cc(SC)c(C)c2ccsc12. The largest absolute Gasteiger partial charge is 0.144 e.